The second-order valence-electron chi connectivity index (χ2n) is 4.64. The van der Waals surface area contributed by atoms with E-state index in [-0.39, 0.29) is 5.82 Å². The summed E-state index contributed by atoms with van der Waals surface area (Å²) in [6.45, 7) is 0. The van der Waals surface area contributed by atoms with Gasteiger partial charge >= 0.3 is 0 Å². The smallest absolute Gasteiger partial charge is 0.124 e. The maximum atomic E-state index is 13.1. The van der Waals surface area contributed by atoms with Crippen LogP contribution < -0.4 is 0 Å². The van der Waals surface area contributed by atoms with E-state index in [2.05, 4.69) is 15.9 Å². The summed E-state index contributed by atoms with van der Waals surface area (Å²) in [6.07, 6.45) is -0.109. The molecule has 0 saturated carbocycles. The molecule has 0 spiro atoms. The number of rotatable bonds is 3. The summed E-state index contributed by atoms with van der Waals surface area (Å²) in [6, 6.07) is 14.6. The molecule has 1 N–H and O–H groups in total. The predicted octanol–water partition coefficient (Wildman–Crippen LogP) is 5.08. The number of fused-ring (bicyclic) bond motifs is 1. The van der Waals surface area contributed by atoms with Crippen LogP contribution in [0.15, 0.2) is 53.0 Å². The SMILES string of the molecule is OC(Cc1ccc(F)cc1Br)c1cc2ccccc2s1. The van der Waals surface area contributed by atoms with E-state index in [0.29, 0.717) is 10.9 Å². The van der Waals surface area contributed by atoms with Gasteiger partial charge in [0, 0.05) is 20.5 Å². The molecule has 1 aromatic heterocycles. The molecule has 1 unspecified atom stereocenters. The Balaban J connectivity index is 1.86. The van der Waals surface area contributed by atoms with Gasteiger partial charge in [-0.25, -0.2) is 4.39 Å². The molecule has 0 aliphatic rings. The third kappa shape index (κ3) is 2.77. The van der Waals surface area contributed by atoms with Crippen molar-refractivity contribution >= 4 is 37.4 Å². The molecule has 0 aliphatic heterocycles. The Hall–Kier alpha value is -1.23. The van der Waals surface area contributed by atoms with E-state index >= 15 is 0 Å². The van der Waals surface area contributed by atoms with E-state index in [9.17, 15) is 9.50 Å². The zero-order chi connectivity index (χ0) is 14.1. The molecule has 0 saturated heterocycles. The molecular formula is C16H12BrFOS. The van der Waals surface area contributed by atoms with E-state index in [1.807, 2.05) is 30.3 Å². The van der Waals surface area contributed by atoms with Crippen LogP contribution in [0.25, 0.3) is 10.1 Å². The quantitative estimate of drug-likeness (QED) is 0.698. The van der Waals surface area contributed by atoms with Crippen LogP contribution in [0.4, 0.5) is 4.39 Å². The molecule has 20 heavy (non-hydrogen) atoms. The fourth-order valence-electron chi connectivity index (χ4n) is 2.16. The van der Waals surface area contributed by atoms with E-state index < -0.39 is 6.10 Å². The van der Waals surface area contributed by atoms with Gasteiger partial charge in [-0.15, -0.1) is 11.3 Å². The first kappa shape index (κ1) is 13.7. The van der Waals surface area contributed by atoms with Gasteiger partial charge in [0.15, 0.2) is 0 Å². The highest BCUT2D eigenvalue weighted by atomic mass is 79.9. The molecular weight excluding hydrogens is 339 g/mol. The van der Waals surface area contributed by atoms with E-state index in [4.69, 9.17) is 0 Å². The van der Waals surface area contributed by atoms with Crippen molar-refractivity contribution in [1.82, 2.24) is 0 Å². The lowest BCUT2D eigenvalue weighted by Gasteiger charge is -2.10. The van der Waals surface area contributed by atoms with Crippen LogP contribution in [0.5, 0.6) is 0 Å². The fraction of sp³-hybridized carbons (Fsp3) is 0.125. The number of hydrogen-bond acceptors (Lipinski definition) is 2. The van der Waals surface area contributed by atoms with Gasteiger partial charge in [0.25, 0.3) is 0 Å². The molecule has 0 fully saturated rings. The van der Waals surface area contributed by atoms with Gasteiger partial charge < -0.3 is 5.11 Å². The molecule has 2 aromatic carbocycles. The monoisotopic (exact) mass is 350 g/mol. The van der Waals surface area contributed by atoms with Crippen LogP contribution >= 0.6 is 27.3 Å². The van der Waals surface area contributed by atoms with E-state index in [1.54, 1.807) is 17.4 Å². The summed E-state index contributed by atoms with van der Waals surface area (Å²) in [5.74, 6) is -0.281. The standard InChI is InChI=1S/C16H12BrFOS/c17-13-9-12(18)6-5-10(13)7-14(19)16-8-11-3-1-2-4-15(11)20-16/h1-6,8-9,14,19H,7H2. The maximum absolute atomic E-state index is 13.1. The Morgan fingerprint density at radius 2 is 1.95 bits per heavy atom. The van der Waals surface area contributed by atoms with Gasteiger partial charge in [-0.2, -0.15) is 0 Å². The minimum atomic E-state index is -0.575. The molecule has 0 bridgehead atoms. The van der Waals surface area contributed by atoms with Gasteiger partial charge in [-0.05, 0) is 35.2 Å². The zero-order valence-electron chi connectivity index (χ0n) is 10.5. The first-order chi connectivity index (χ1) is 9.63. The van der Waals surface area contributed by atoms with Crippen LogP contribution in [0.1, 0.15) is 16.5 Å². The molecule has 3 rings (SSSR count). The van der Waals surface area contributed by atoms with Crippen LogP contribution in [-0.4, -0.2) is 5.11 Å². The first-order valence-electron chi connectivity index (χ1n) is 6.24. The molecule has 3 aromatic rings. The number of thiophene rings is 1. The summed E-state index contributed by atoms with van der Waals surface area (Å²) in [4.78, 5) is 0.933. The van der Waals surface area contributed by atoms with Crippen molar-refractivity contribution < 1.29 is 9.50 Å². The minimum Gasteiger partial charge on any atom is -0.387 e. The van der Waals surface area contributed by atoms with E-state index in [0.717, 1.165) is 15.8 Å². The maximum Gasteiger partial charge on any atom is 0.124 e. The molecule has 0 amide bonds. The molecule has 0 aliphatic carbocycles. The lowest BCUT2D eigenvalue weighted by molar-refractivity contribution is 0.182. The van der Waals surface area contributed by atoms with Gasteiger partial charge in [0.1, 0.15) is 5.82 Å². The number of benzene rings is 2. The Morgan fingerprint density at radius 3 is 2.70 bits per heavy atom. The summed E-state index contributed by atoms with van der Waals surface area (Å²) < 4.78 is 14.9. The third-order valence-electron chi connectivity index (χ3n) is 3.20. The van der Waals surface area contributed by atoms with Crippen molar-refractivity contribution in [1.29, 1.82) is 0 Å². The molecule has 102 valence electrons. The zero-order valence-corrected chi connectivity index (χ0v) is 12.9. The van der Waals surface area contributed by atoms with Gasteiger partial charge in [0.05, 0.1) is 6.10 Å². The molecule has 4 heteroatoms. The van der Waals surface area contributed by atoms with Crippen molar-refractivity contribution in [2.75, 3.05) is 0 Å². The molecule has 1 heterocycles. The summed E-state index contributed by atoms with van der Waals surface area (Å²) >= 11 is 4.93. The molecule has 1 atom stereocenters. The normalized spacial score (nSPS) is 12.8. The van der Waals surface area contributed by atoms with Crippen molar-refractivity contribution in [3.05, 3.63) is 69.3 Å². The van der Waals surface area contributed by atoms with Crippen LogP contribution in [0, 0.1) is 5.82 Å². The Labute approximate surface area is 128 Å². The highest BCUT2D eigenvalue weighted by Gasteiger charge is 2.14. The highest BCUT2D eigenvalue weighted by molar-refractivity contribution is 9.10. The number of aliphatic hydroxyl groups is 1. The lowest BCUT2D eigenvalue weighted by atomic mass is 10.1. The van der Waals surface area contributed by atoms with Crippen LogP contribution in [0.2, 0.25) is 0 Å². The Kier molecular flexibility index (Phi) is 3.87. The second kappa shape index (κ2) is 5.64. The number of aliphatic hydroxyl groups excluding tert-OH is 1. The van der Waals surface area contributed by atoms with Gasteiger partial charge in [0.2, 0.25) is 0 Å². The second-order valence-corrected chi connectivity index (χ2v) is 6.61. The number of hydrogen-bond donors (Lipinski definition) is 1. The lowest BCUT2D eigenvalue weighted by Crippen LogP contribution is -2.00. The average Bonchev–Trinajstić information content (AvgIpc) is 2.86. The van der Waals surface area contributed by atoms with Crippen LogP contribution in [0.3, 0.4) is 0 Å². The average molecular weight is 351 g/mol. The Bertz CT molecular complexity index is 720. The van der Waals surface area contributed by atoms with Gasteiger partial charge in [-0.1, -0.05) is 40.2 Å². The largest absolute Gasteiger partial charge is 0.387 e. The number of halogens is 2. The minimum absolute atomic E-state index is 0.281. The topological polar surface area (TPSA) is 20.2 Å². The third-order valence-corrected chi connectivity index (χ3v) is 5.16. The van der Waals surface area contributed by atoms with Crippen molar-refractivity contribution in [2.24, 2.45) is 0 Å². The van der Waals surface area contributed by atoms with Crippen molar-refractivity contribution in [3.63, 3.8) is 0 Å². The van der Waals surface area contributed by atoms with Gasteiger partial charge in [-0.3, -0.25) is 0 Å². The van der Waals surface area contributed by atoms with E-state index in [1.165, 1.54) is 16.8 Å². The highest BCUT2D eigenvalue weighted by Crippen LogP contribution is 2.32. The first-order valence-corrected chi connectivity index (χ1v) is 7.85. The summed E-state index contributed by atoms with van der Waals surface area (Å²) in [5.41, 5.74) is 0.899. The van der Waals surface area contributed by atoms with Crippen LogP contribution in [-0.2, 0) is 6.42 Å². The molecule has 1 nitrogen and oxygen atoms in total. The molecule has 0 radical (unpaired) electrons. The summed E-state index contributed by atoms with van der Waals surface area (Å²) in [7, 11) is 0. The summed E-state index contributed by atoms with van der Waals surface area (Å²) in [5, 5.41) is 11.5. The predicted molar refractivity (Wildman–Crippen MR) is 84.6 cm³/mol. The van der Waals surface area contributed by atoms with Crippen molar-refractivity contribution in [2.45, 2.75) is 12.5 Å². The van der Waals surface area contributed by atoms with Crippen molar-refractivity contribution in [3.8, 4) is 0 Å². The Morgan fingerprint density at radius 1 is 1.15 bits per heavy atom. The fourth-order valence-corrected chi connectivity index (χ4v) is 3.73.